The number of nitrogens with zero attached hydrogens (tertiary/aromatic N) is 1. The van der Waals surface area contributed by atoms with Gasteiger partial charge in [0.15, 0.2) is 0 Å². The highest BCUT2D eigenvalue weighted by atomic mass is 16.5. The Kier molecular flexibility index (Phi) is 5.67. The number of hydrogen-bond acceptors (Lipinski definition) is 3. The molecule has 112 valence electrons. The van der Waals surface area contributed by atoms with Gasteiger partial charge in [0.25, 0.3) is 0 Å². The SMILES string of the molecule is CCOC(C)CN1CC2(CCCCC2)NCC1CC. The van der Waals surface area contributed by atoms with E-state index in [1.807, 2.05) is 0 Å². The molecule has 1 N–H and O–H groups in total. The third-order valence-electron chi connectivity index (χ3n) is 4.96. The van der Waals surface area contributed by atoms with E-state index < -0.39 is 0 Å². The maximum atomic E-state index is 5.75. The van der Waals surface area contributed by atoms with Gasteiger partial charge in [-0.15, -0.1) is 0 Å². The first-order valence-electron chi connectivity index (χ1n) is 8.30. The van der Waals surface area contributed by atoms with Crippen molar-refractivity contribution in [3.63, 3.8) is 0 Å². The Hall–Kier alpha value is -0.120. The van der Waals surface area contributed by atoms with E-state index in [4.69, 9.17) is 4.74 Å². The summed E-state index contributed by atoms with van der Waals surface area (Å²) >= 11 is 0. The van der Waals surface area contributed by atoms with Crippen LogP contribution in [0.15, 0.2) is 0 Å². The highest BCUT2D eigenvalue weighted by Crippen LogP contribution is 2.32. The van der Waals surface area contributed by atoms with E-state index in [0.29, 0.717) is 17.7 Å². The molecule has 1 aliphatic carbocycles. The van der Waals surface area contributed by atoms with E-state index in [-0.39, 0.29) is 0 Å². The van der Waals surface area contributed by atoms with Crippen molar-refractivity contribution < 1.29 is 4.74 Å². The molecule has 2 unspecified atom stereocenters. The van der Waals surface area contributed by atoms with E-state index in [9.17, 15) is 0 Å². The van der Waals surface area contributed by atoms with Gasteiger partial charge in [-0.05, 0) is 33.1 Å². The zero-order chi connectivity index (χ0) is 13.7. The van der Waals surface area contributed by atoms with Crippen molar-refractivity contribution in [2.45, 2.75) is 77.0 Å². The summed E-state index contributed by atoms with van der Waals surface area (Å²) in [4.78, 5) is 2.70. The van der Waals surface area contributed by atoms with Crippen LogP contribution in [-0.2, 0) is 4.74 Å². The van der Waals surface area contributed by atoms with Gasteiger partial charge in [0.2, 0.25) is 0 Å². The molecule has 2 atom stereocenters. The van der Waals surface area contributed by atoms with Crippen molar-refractivity contribution in [1.29, 1.82) is 0 Å². The van der Waals surface area contributed by atoms with Crippen molar-refractivity contribution >= 4 is 0 Å². The van der Waals surface area contributed by atoms with Crippen LogP contribution in [0.25, 0.3) is 0 Å². The molecule has 0 radical (unpaired) electrons. The van der Waals surface area contributed by atoms with Crippen molar-refractivity contribution in [3.8, 4) is 0 Å². The number of ether oxygens (including phenoxy) is 1. The van der Waals surface area contributed by atoms with Crippen LogP contribution in [0.3, 0.4) is 0 Å². The van der Waals surface area contributed by atoms with Gasteiger partial charge in [0, 0.05) is 37.8 Å². The van der Waals surface area contributed by atoms with Gasteiger partial charge in [0.05, 0.1) is 6.10 Å². The first-order chi connectivity index (χ1) is 9.19. The Morgan fingerprint density at radius 2 is 2.00 bits per heavy atom. The number of hydrogen-bond donors (Lipinski definition) is 1. The van der Waals surface area contributed by atoms with E-state index in [1.54, 1.807) is 0 Å². The second-order valence-electron chi connectivity index (χ2n) is 6.48. The number of piperazine rings is 1. The molecule has 3 nitrogen and oxygen atoms in total. The maximum absolute atomic E-state index is 5.75. The van der Waals surface area contributed by atoms with Gasteiger partial charge in [-0.1, -0.05) is 26.2 Å². The fourth-order valence-electron chi connectivity index (χ4n) is 3.88. The molecular formula is C16H32N2O. The normalized spacial score (nSPS) is 29.5. The second kappa shape index (κ2) is 7.05. The average Bonchev–Trinajstić information content (AvgIpc) is 2.40. The molecule has 0 amide bonds. The fourth-order valence-corrected chi connectivity index (χ4v) is 3.88. The quantitative estimate of drug-likeness (QED) is 0.830. The van der Waals surface area contributed by atoms with Crippen LogP contribution in [-0.4, -0.2) is 48.8 Å². The number of rotatable bonds is 5. The monoisotopic (exact) mass is 268 g/mol. The van der Waals surface area contributed by atoms with E-state index in [1.165, 1.54) is 45.1 Å². The Morgan fingerprint density at radius 3 is 2.63 bits per heavy atom. The molecular weight excluding hydrogens is 236 g/mol. The first-order valence-corrected chi connectivity index (χ1v) is 8.30. The Bertz CT molecular complexity index is 263. The summed E-state index contributed by atoms with van der Waals surface area (Å²) in [5, 5.41) is 3.89. The largest absolute Gasteiger partial charge is 0.377 e. The molecule has 3 heteroatoms. The molecule has 1 aliphatic heterocycles. The minimum absolute atomic E-state index is 0.359. The van der Waals surface area contributed by atoms with E-state index >= 15 is 0 Å². The van der Waals surface area contributed by atoms with Gasteiger partial charge < -0.3 is 10.1 Å². The molecule has 0 aromatic heterocycles. The van der Waals surface area contributed by atoms with Gasteiger partial charge in [0.1, 0.15) is 0 Å². The van der Waals surface area contributed by atoms with Crippen LogP contribution in [0.2, 0.25) is 0 Å². The Balaban J connectivity index is 1.95. The lowest BCUT2D eigenvalue weighted by molar-refractivity contribution is -0.00349. The van der Waals surface area contributed by atoms with E-state index in [0.717, 1.165) is 19.7 Å². The lowest BCUT2D eigenvalue weighted by Crippen LogP contribution is -2.65. The number of nitrogens with one attached hydrogen (secondary N) is 1. The van der Waals surface area contributed by atoms with Crippen molar-refractivity contribution in [3.05, 3.63) is 0 Å². The van der Waals surface area contributed by atoms with Crippen LogP contribution in [0.4, 0.5) is 0 Å². The average molecular weight is 268 g/mol. The van der Waals surface area contributed by atoms with Crippen molar-refractivity contribution in [2.24, 2.45) is 0 Å². The standard InChI is InChI=1S/C16H32N2O/c1-4-15-11-17-16(9-7-6-8-10-16)13-18(15)12-14(3)19-5-2/h14-15,17H,4-13H2,1-3H3. The zero-order valence-corrected chi connectivity index (χ0v) is 13.1. The van der Waals surface area contributed by atoms with Crippen LogP contribution in [0.1, 0.15) is 59.3 Å². The molecule has 0 bridgehead atoms. The molecule has 2 fully saturated rings. The summed E-state index contributed by atoms with van der Waals surface area (Å²) in [7, 11) is 0. The van der Waals surface area contributed by atoms with Gasteiger partial charge in [-0.2, -0.15) is 0 Å². The summed E-state index contributed by atoms with van der Waals surface area (Å²) in [6.45, 7) is 10.9. The molecule has 1 spiro atoms. The summed E-state index contributed by atoms with van der Waals surface area (Å²) in [5.41, 5.74) is 0.413. The topological polar surface area (TPSA) is 24.5 Å². The summed E-state index contributed by atoms with van der Waals surface area (Å²) in [6, 6.07) is 0.690. The molecule has 2 rings (SSSR count). The summed E-state index contributed by atoms with van der Waals surface area (Å²) in [5.74, 6) is 0. The van der Waals surface area contributed by atoms with Gasteiger partial charge in [-0.3, -0.25) is 4.90 Å². The third kappa shape index (κ3) is 3.93. The molecule has 2 aliphatic rings. The summed E-state index contributed by atoms with van der Waals surface area (Å²) in [6.07, 6.45) is 8.55. The Morgan fingerprint density at radius 1 is 1.26 bits per heavy atom. The van der Waals surface area contributed by atoms with Crippen LogP contribution >= 0.6 is 0 Å². The minimum atomic E-state index is 0.359. The van der Waals surface area contributed by atoms with Crippen LogP contribution in [0.5, 0.6) is 0 Å². The molecule has 1 saturated heterocycles. The molecule has 1 heterocycles. The van der Waals surface area contributed by atoms with Crippen LogP contribution in [0, 0.1) is 0 Å². The van der Waals surface area contributed by atoms with Crippen LogP contribution < -0.4 is 5.32 Å². The fraction of sp³-hybridized carbons (Fsp3) is 1.00. The van der Waals surface area contributed by atoms with Crippen molar-refractivity contribution in [1.82, 2.24) is 10.2 Å². The predicted octanol–water partition coefficient (Wildman–Crippen LogP) is 2.80. The van der Waals surface area contributed by atoms with Gasteiger partial charge >= 0.3 is 0 Å². The highest BCUT2D eigenvalue weighted by Gasteiger charge is 2.39. The highest BCUT2D eigenvalue weighted by molar-refractivity contribution is 4.99. The lowest BCUT2D eigenvalue weighted by atomic mass is 9.79. The van der Waals surface area contributed by atoms with E-state index in [2.05, 4.69) is 31.0 Å². The summed E-state index contributed by atoms with van der Waals surface area (Å²) < 4.78 is 5.75. The molecule has 1 saturated carbocycles. The molecule has 0 aromatic rings. The lowest BCUT2D eigenvalue weighted by Gasteiger charge is -2.50. The maximum Gasteiger partial charge on any atom is 0.0673 e. The van der Waals surface area contributed by atoms with Gasteiger partial charge in [-0.25, -0.2) is 0 Å². The third-order valence-corrected chi connectivity index (χ3v) is 4.96. The molecule has 19 heavy (non-hydrogen) atoms. The smallest absolute Gasteiger partial charge is 0.0673 e. The first kappa shape index (κ1) is 15.3. The second-order valence-corrected chi connectivity index (χ2v) is 6.48. The Labute approximate surface area is 119 Å². The molecule has 0 aromatic carbocycles. The zero-order valence-electron chi connectivity index (χ0n) is 13.1. The predicted molar refractivity (Wildman–Crippen MR) is 80.6 cm³/mol. The van der Waals surface area contributed by atoms with Crippen molar-refractivity contribution in [2.75, 3.05) is 26.2 Å². The minimum Gasteiger partial charge on any atom is -0.377 e.